The van der Waals surface area contributed by atoms with E-state index in [-0.39, 0.29) is 12.0 Å². The van der Waals surface area contributed by atoms with Crippen molar-refractivity contribution in [2.75, 3.05) is 7.11 Å². The van der Waals surface area contributed by atoms with E-state index in [4.69, 9.17) is 4.74 Å². The molecule has 1 aliphatic rings. The normalized spacial score (nSPS) is 32.0. The summed E-state index contributed by atoms with van der Waals surface area (Å²) in [5.41, 5.74) is 1.90. The summed E-state index contributed by atoms with van der Waals surface area (Å²) in [5.74, 6) is -0.0207. The molecule has 0 saturated heterocycles. The van der Waals surface area contributed by atoms with Crippen LogP contribution in [0.5, 0.6) is 0 Å². The predicted molar refractivity (Wildman–Crippen MR) is 82.6 cm³/mol. The van der Waals surface area contributed by atoms with E-state index in [1.807, 2.05) is 36.9 Å². The Balaban J connectivity index is 2.25. The summed E-state index contributed by atoms with van der Waals surface area (Å²) < 4.78 is 7.29. The predicted octanol–water partition coefficient (Wildman–Crippen LogP) is 2.43. The van der Waals surface area contributed by atoms with Gasteiger partial charge in [-0.2, -0.15) is 0 Å². The van der Waals surface area contributed by atoms with Crippen molar-refractivity contribution in [3.63, 3.8) is 0 Å². The van der Waals surface area contributed by atoms with Gasteiger partial charge in [-0.15, -0.1) is 5.10 Å². The minimum Gasteiger partial charge on any atom is -0.389 e. The number of aliphatic hydroxyl groups excluding tert-OH is 1. The average molecular weight is 291 g/mol. The van der Waals surface area contributed by atoms with Crippen LogP contribution in [0.1, 0.15) is 38.8 Å². The number of allylic oxidation sites excluding steroid dienone is 2. The van der Waals surface area contributed by atoms with Gasteiger partial charge in [0.1, 0.15) is 11.8 Å². The second-order valence-electron chi connectivity index (χ2n) is 5.69. The monoisotopic (exact) mass is 291 g/mol. The molecule has 0 fully saturated rings. The number of rotatable bonds is 1. The Morgan fingerprint density at radius 3 is 2.95 bits per heavy atom. The topological polar surface area (TPSA) is 60.2 Å². The molecule has 0 aliphatic carbocycles. The molecular weight excluding hydrogens is 266 g/mol. The van der Waals surface area contributed by atoms with Crippen LogP contribution in [0.3, 0.4) is 0 Å². The number of methoxy groups -OCH3 is 1. The van der Waals surface area contributed by atoms with Gasteiger partial charge in [-0.25, -0.2) is 0 Å². The molecule has 0 spiro atoms. The highest BCUT2D eigenvalue weighted by molar-refractivity contribution is 5.59. The molecule has 5 nitrogen and oxygen atoms in total. The highest BCUT2D eigenvalue weighted by Gasteiger charge is 2.21. The molecule has 0 unspecified atom stereocenters. The smallest absolute Gasteiger partial charge is 0.108 e. The number of aromatic nitrogens is 3. The Hall–Kier alpha value is -1.46. The fourth-order valence-corrected chi connectivity index (χ4v) is 2.56. The number of hydrogen-bond acceptors (Lipinski definition) is 4. The van der Waals surface area contributed by atoms with E-state index in [0.29, 0.717) is 0 Å². The molecule has 116 valence electrons. The van der Waals surface area contributed by atoms with Crippen molar-refractivity contribution < 1.29 is 9.84 Å². The van der Waals surface area contributed by atoms with Gasteiger partial charge >= 0.3 is 0 Å². The van der Waals surface area contributed by atoms with Crippen molar-refractivity contribution in [3.8, 4) is 0 Å². The van der Waals surface area contributed by atoms with Crippen molar-refractivity contribution >= 4 is 5.57 Å². The maximum absolute atomic E-state index is 10.4. The molecule has 1 aromatic heterocycles. The third-order valence-corrected chi connectivity index (χ3v) is 3.94. The van der Waals surface area contributed by atoms with E-state index in [1.165, 1.54) is 0 Å². The zero-order chi connectivity index (χ0) is 15.2. The van der Waals surface area contributed by atoms with Crippen LogP contribution in [0.25, 0.3) is 5.57 Å². The molecule has 0 amide bonds. The van der Waals surface area contributed by atoms with E-state index in [1.54, 1.807) is 7.11 Å². The van der Waals surface area contributed by atoms with Crippen molar-refractivity contribution in [2.24, 2.45) is 5.92 Å². The van der Waals surface area contributed by atoms with E-state index in [0.717, 1.165) is 37.1 Å². The number of hydrogen-bond donors (Lipinski definition) is 1. The van der Waals surface area contributed by atoms with Gasteiger partial charge in [-0.1, -0.05) is 30.4 Å². The first-order chi connectivity index (χ1) is 10.1. The van der Waals surface area contributed by atoms with Crippen LogP contribution in [0.2, 0.25) is 0 Å². The van der Waals surface area contributed by atoms with Gasteiger partial charge in [0.2, 0.25) is 0 Å². The van der Waals surface area contributed by atoms with E-state index in [9.17, 15) is 5.11 Å². The van der Waals surface area contributed by atoms with Gasteiger partial charge in [-0.3, -0.25) is 4.68 Å². The summed E-state index contributed by atoms with van der Waals surface area (Å²) in [6.07, 6.45) is 10.4. The average Bonchev–Trinajstić information content (AvgIpc) is 2.94. The number of fused-ring (bicyclic) bond motifs is 2. The Morgan fingerprint density at radius 2 is 2.19 bits per heavy atom. The molecule has 0 aromatic carbocycles. The molecule has 0 radical (unpaired) electrons. The Kier molecular flexibility index (Phi) is 5.70. The lowest BCUT2D eigenvalue weighted by molar-refractivity contribution is -0.00161. The van der Waals surface area contributed by atoms with Gasteiger partial charge in [0.05, 0.1) is 12.3 Å². The van der Waals surface area contributed by atoms with Crippen LogP contribution in [0.15, 0.2) is 24.4 Å². The summed E-state index contributed by atoms with van der Waals surface area (Å²) in [5, 5.41) is 18.8. The minimum atomic E-state index is -0.570. The summed E-state index contributed by atoms with van der Waals surface area (Å²) in [6, 6.07) is 0. The fraction of sp³-hybridized carbons (Fsp3) is 0.625. The number of nitrogens with zero attached hydrogens (tertiary/aromatic N) is 3. The molecule has 3 atom stereocenters. The molecule has 1 N–H and O–H groups in total. The standard InChI is InChI=1S/C16H25N3O2/c1-12-10-13(2)16(20)15(21-3)8-6-4-5-7-9-19-11-14(12)17-18-19/h6,8,10-11,13,15-16,20H,4-5,7,9H2,1-3H3/b8-6+,12-10-/t13-,15+,16+/m1/s1. The number of ether oxygens (including phenoxy) is 1. The summed E-state index contributed by atoms with van der Waals surface area (Å²) in [4.78, 5) is 0. The third kappa shape index (κ3) is 4.25. The van der Waals surface area contributed by atoms with Crippen LogP contribution in [0.4, 0.5) is 0 Å². The van der Waals surface area contributed by atoms with Crippen molar-refractivity contribution in [1.82, 2.24) is 15.0 Å². The highest BCUT2D eigenvalue weighted by atomic mass is 16.5. The number of aliphatic hydroxyl groups is 1. The first kappa shape index (κ1) is 15.9. The lowest BCUT2D eigenvalue weighted by atomic mass is 9.96. The molecule has 2 bridgehead atoms. The molecule has 5 heteroatoms. The second kappa shape index (κ2) is 7.52. The zero-order valence-electron chi connectivity index (χ0n) is 13.1. The molecule has 1 aromatic rings. The second-order valence-corrected chi connectivity index (χ2v) is 5.69. The Labute approximate surface area is 126 Å². The lowest BCUT2D eigenvalue weighted by Crippen LogP contribution is -2.31. The highest BCUT2D eigenvalue weighted by Crippen LogP contribution is 2.19. The van der Waals surface area contributed by atoms with Crippen LogP contribution in [-0.2, 0) is 11.3 Å². The maximum atomic E-state index is 10.4. The first-order valence-corrected chi connectivity index (χ1v) is 7.58. The molecule has 21 heavy (non-hydrogen) atoms. The van der Waals surface area contributed by atoms with E-state index >= 15 is 0 Å². The summed E-state index contributed by atoms with van der Waals surface area (Å²) in [7, 11) is 1.64. The van der Waals surface area contributed by atoms with Crippen LogP contribution in [-0.4, -0.2) is 39.4 Å². The minimum absolute atomic E-state index is 0.0207. The first-order valence-electron chi connectivity index (χ1n) is 7.58. The van der Waals surface area contributed by atoms with Gasteiger partial charge in [0, 0.05) is 19.6 Å². The maximum Gasteiger partial charge on any atom is 0.108 e. The largest absolute Gasteiger partial charge is 0.389 e. The van der Waals surface area contributed by atoms with Crippen LogP contribution >= 0.6 is 0 Å². The quantitative estimate of drug-likeness (QED) is 0.807. The van der Waals surface area contributed by atoms with Crippen molar-refractivity contribution in [2.45, 2.75) is 51.9 Å². The lowest BCUT2D eigenvalue weighted by Gasteiger charge is -2.23. The van der Waals surface area contributed by atoms with E-state index < -0.39 is 6.10 Å². The summed E-state index contributed by atoms with van der Waals surface area (Å²) in [6.45, 7) is 4.88. The fourth-order valence-electron chi connectivity index (χ4n) is 2.56. The van der Waals surface area contributed by atoms with E-state index in [2.05, 4.69) is 16.4 Å². The van der Waals surface area contributed by atoms with Crippen molar-refractivity contribution in [3.05, 3.63) is 30.1 Å². The zero-order valence-corrected chi connectivity index (χ0v) is 13.1. The molecule has 1 aliphatic heterocycles. The van der Waals surface area contributed by atoms with Gasteiger partial charge in [0.25, 0.3) is 0 Å². The van der Waals surface area contributed by atoms with Gasteiger partial charge in [-0.05, 0) is 31.8 Å². The number of aryl methyl sites for hydroxylation is 1. The Morgan fingerprint density at radius 1 is 1.38 bits per heavy atom. The summed E-state index contributed by atoms with van der Waals surface area (Å²) >= 11 is 0. The van der Waals surface area contributed by atoms with Gasteiger partial charge < -0.3 is 9.84 Å². The molecular formula is C16H25N3O2. The van der Waals surface area contributed by atoms with Crippen molar-refractivity contribution in [1.29, 1.82) is 0 Å². The molecule has 0 saturated carbocycles. The SMILES string of the molecule is CO[C@H]1/C=C/CCCCn2cc(nn2)/C(C)=C\[C@@H](C)[C@@H]1O. The molecule has 2 heterocycles. The Bertz CT molecular complexity index is 507. The molecule has 2 rings (SSSR count). The third-order valence-electron chi connectivity index (χ3n) is 3.94. The van der Waals surface area contributed by atoms with Crippen LogP contribution < -0.4 is 0 Å². The van der Waals surface area contributed by atoms with Crippen LogP contribution in [0, 0.1) is 5.92 Å². The van der Waals surface area contributed by atoms with Gasteiger partial charge in [0.15, 0.2) is 0 Å².